The van der Waals surface area contributed by atoms with Gasteiger partial charge >= 0.3 is 5.69 Å². The number of rotatable bonds is 4. The minimum absolute atomic E-state index is 0.151. The second kappa shape index (κ2) is 6.08. The van der Waals surface area contributed by atoms with E-state index < -0.39 is 16.4 Å². The van der Waals surface area contributed by atoms with Crippen molar-refractivity contribution in [3.63, 3.8) is 0 Å². The largest absolute Gasteiger partial charge is 0.374 e. The Bertz CT molecular complexity index is 459. The lowest BCUT2D eigenvalue weighted by Gasteiger charge is -2.26. The number of benzene rings is 1. The van der Waals surface area contributed by atoms with E-state index in [1.807, 2.05) is 0 Å². The first-order valence-corrected chi connectivity index (χ1v) is 6.36. The van der Waals surface area contributed by atoms with Gasteiger partial charge in [0.15, 0.2) is 0 Å². The van der Waals surface area contributed by atoms with Crippen molar-refractivity contribution in [1.29, 1.82) is 0 Å². The van der Waals surface area contributed by atoms with Crippen LogP contribution in [0.5, 0.6) is 0 Å². The zero-order valence-electron chi connectivity index (χ0n) is 10.5. The molecule has 0 heterocycles. The maximum absolute atomic E-state index is 13.4. The van der Waals surface area contributed by atoms with Crippen LogP contribution in [0.15, 0.2) is 18.2 Å². The molecule has 1 aliphatic carbocycles. The predicted octanol–water partition coefficient (Wildman–Crippen LogP) is 2.52. The van der Waals surface area contributed by atoms with E-state index in [-0.39, 0.29) is 18.8 Å². The Balaban J connectivity index is 1.89. The molecule has 0 saturated heterocycles. The summed E-state index contributed by atoms with van der Waals surface area (Å²) in [7, 11) is 0. The molecule has 0 bridgehead atoms. The number of nitro benzene ring substituents is 1. The van der Waals surface area contributed by atoms with Crippen LogP contribution in [-0.4, -0.2) is 17.1 Å². The van der Waals surface area contributed by atoms with Crippen LogP contribution in [0.4, 0.5) is 10.1 Å². The average molecular weight is 268 g/mol. The molecule has 2 N–H and O–H groups in total. The summed E-state index contributed by atoms with van der Waals surface area (Å²) in [5.41, 5.74) is 5.90. The van der Waals surface area contributed by atoms with Crippen molar-refractivity contribution < 1.29 is 14.1 Å². The fourth-order valence-corrected chi connectivity index (χ4v) is 2.26. The standard InChI is InChI=1S/C13H17FN2O3/c14-12-7-9(1-6-13(12)16(17)18)8-19-11-4-2-10(15)3-5-11/h1,6-7,10-11H,2-5,8,15H2. The Morgan fingerprint density at radius 3 is 2.63 bits per heavy atom. The summed E-state index contributed by atoms with van der Waals surface area (Å²) in [4.78, 5) is 9.76. The van der Waals surface area contributed by atoms with Gasteiger partial charge in [0.1, 0.15) is 0 Å². The Kier molecular flexibility index (Phi) is 4.44. The van der Waals surface area contributed by atoms with E-state index in [9.17, 15) is 14.5 Å². The number of hydrogen-bond donors (Lipinski definition) is 1. The number of nitro groups is 1. The lowest BCUT2D eigenvalue weighted by atomic mass is 9.94. The maximum Gasteiger partial charge on any atom is 0.304 e. The van der Waals surface area contributed by atoms with E-state index in [4.69, 9.17) is 10.5 Å². The molecule has 5 nitrogen and oxygen atoms in total. The van der Waals surface area contributed by atoms with Crippen molar-refractivity contribution in [2.75, 3.05) is 0 Å². The SMILES string of the molecule is NC1CCC(OCc2ccc([N+](=O)[O-])c(F)c2)CC1. The first kappa shape index (κ1) is 13.9. The molecule has 1 saturated carbocycles. The van der Waals surface area contributed by atoms with Crippen LogP contribution in [0.25, 0.3) is 0 Å². The first-order valence-electron chi connectivity index (χ1n) is 6.36. The van der Waals surface area contributed by atoms with E-state index in [1.165, 1.54) is 12.1 Å². The summed E-state index contributed by atoms with van der Waals surface area (Å²) in [5.74, 6) is -0.822. The quantitative estimate of drug-likeness (QED) is 0.672. The van der Waals surface area contributed by atoms with Crippen LogP contribution in [-0.2, 0) is 11.3 Å². The minimum Gasteiger partial charge on any atom is -0.374 e. The molecule has 1 aromatic rings. The fraction of sp³-hybridized carbons (Fsp3) is 0.538. The normalized spacial score (nSPS) is 23.3. The van der Waals surface area contributed by atoms with E-state index in [0.29, 0.717) is 5.56 Å². The van der Waals surface area contributed by atoms with Gasteiger partial charge < -0.3 is 10.5 Å². The number of hydrogen-bond acceptors (Lipinski definition) is 4. The first-order chi connectivity index (χ1) is 9.06. The lowest BCUT2D eigenvalue weighted by Crippen LogP contribution is -2.30. The van der Waals surface area contributed by atoms with Gasteiger partial charge in [0.25, 0.3) is 0 Å². The van der Waals surface area contributed by atoms with Crippen LogP contribution in [0.2, 0.25) is 0 Å². The van der Waals surface area contributed by atoms with Gasteiger partial charge in [-0.3, -0.25) is 10.1 Å². The van der Waals surface area contributed by atoms with Crippen LogP contribution in [0.3, 0.4) is 0 Å². The summed E-state index contributed by atoms with van der Waals surface area (Å²) in [6.07, 6.45) is 3.87. The highest BCUT2D eigenvalue weighted by molar-refractivity contribution is 5.34. The monoisotopic (exact) mass is 268 g/mol. The summed E-state index contributed by atoms with van der Waals surface area (Å²) in [5, 5.41) is 10.5. The van der Waals surface area contributed by atoms with Gasteiger partial charge in [0, 0.05) is 12.1 Å². The molecular formula is C13H17FN2O3. The molecule has 2 rings (SSSR count). The topological polar surface area (TPSA) is 78.4 Å². The van der Waals surface area contributed by atoms with Crippen LogP contribution < -0.4 is 5.73 Å². The fourth-order valence-electron chi connectivity index (χ4n) is 2.26. The van der Waals surface area contributed by atoms with Gasteiger partial charge in [0.2, 0.25) is 5.82 Å². The molecule has 0 atom stereocenters. The molecule has 0 aromatic heterocycles. The maximum atomic E-state index is 13.4. The number of nitrogens with two attached hydrogens (primary N) is 1. The summed E-state index contributed by atoms with van der Waals surface area (Å²) in [6, 6.07) is 4.12. The molecular weight excluding hydrogens is 251 g/mol. The molecule has 1 fully saturated rings. The summed E-state index contributed by atoms with van der Waals surface area (Å²) in [6.45, 7) is 0.273. The smallest absolute Gasteiger partial charge is 0.304 e. The van der Waals surface area contributed by atoms with E-state index >= 15 is 0 Å². The van der Waals surface area contributed by atoms with Crippen molar-refractivity contribution in [1.82, 2.24) is 0 Å². The van der Waals surface area contributed by atoms with E-state index in [1.54, 1.807) is 0 Å². The highest BCUT2D eigenvalue weighted by Crippen LogP contribution is 2.22. The molecule has 0 spiro atoms. The molecule has 19 heavy (non-hydrogen) atoms. The molecule has 0 unspecified atom stereocenters. The Labute approximate surface area is 110 Å². The Morgan fingerprint density at radius 2 is 2.05 bits per heavy atom. The van der Waals surface area contributed by atoms with Gasteiger partial charge in [-0.25, -0.2) is 0 Å². The second-order valence-electron chi connectivity index (χ2n) is 4.89. The Hall–Kier alpha value is -1.53. The van der Waals surface area contributed by atoms with Crippen molar-refractivity contribution in [2.45, 2.75) is 44.4 Å². The molecule has 0 amide bonds. The average Bonchev–Trinajstić information content (AvgIpc) is 2.37. The van der Waals surface area contributed by atoms with Gasteiger partial charge in [-0.05, 0) is 43.4 Å². The van der Waals surface area contributed by atoms with Crippen molar-refractivity contribution in [2.24, 2.45) is 5.73 Å². The number of halogens is 1. The molecule has 104 valence electrons. The van der Waals surface area contributed by atoms with Gasteiger partial charge in [0.05, 0.1) is 17.6 Å². The summed E-state index contributed by atoms with van der Waals surface area (Å²) < 4.78 is 19.1. The van der Waals surface area contributed by atoms with E-state index in [2.05, 4.69) is 0 Å². The molecule has 0 aliphatic heterocycles. The third-order valence-corrected chi connectivity index (χ3v) is 3.41. The highest BCUT2D eigenvalue weighted by Gasteiger charge is 2.19. The number of ether oxygens (including phenoxy) is 1. The van der Waals surface area contributed by atoms with Crippen molar-refractivity contribution in [3.05, 3.63) is 39.7 Å². The minimum atomic E-state index is -0.822. The van der Waals surface area contributed by atoms with Crippen molar-refractivity contribution in [3.8, 4) is 0 Å². The zero-order chi connectivity index (χ0) is 13.8. The van der Waals surface area contributed by atoms with Crippen LogP contribution >= 0.6 is 0 Å². The Morgan fingerprint density at radius 1 is 1.37 bits per heavy atom. The molecule has 1 aromatic carbocycles. The molecule has 6 heteroatoms. The zero-order valence-corrected chi connectivity index (χ0v) is 10.5. The van der Waals surface area contributed by atoms with Gasteiger partial charge in [-0.15, -0.1) is 0 Å². The van der Waals surface area contributed by atoms with Gasteiger partial charge in [-0.1, -0.05) is 0 Å². The second-order valence-corrected chi connectivity index (χ2v) is 4.89. The van der Waals surface area contributed by atoms with Crippen molar-refractivity contribution >= 4 is 5.69 Å². The third-order valence-electron chi connectivity index (χ3n) is 3.41. The third kappa shape index (κ3) is 3.71. The molecule has 1 aliphatic rings. The van der Waals surface area contributed by atoms with Gasteiger partial charge in [-0.2, -0.15) is 4.39 Å². The number of nitrogens with zero attached hydrogens (tertiary/aromatic N) is 1. The lowest BCUT2D eigenvalue weighted by molar-refractivity contribution is -0.387. The highest BCUT2D eigenvalue weighted by atomic mass is 19.1. The van der Waals surface area contributed by atoms with Crippen LogP contribution in [0, 0.1) is 15.9 Å². The molecule has 0 radical (unpaired) electrons. The van der Waals surface area contributed by atoms with Crippen LogP contribution in [0.1, 0.15) is 31.2 Å². The van der Waals surface area contributed by atoms with E-state index in [0.717, 1.165) is 31.7 Å². The predicted molar refractivity (Wildman–Crippen MR) is 68.1 cm³/mol. The summed E-state index contributed by atoms with van der Waals surface area (Å²) >= 11 is 0.